The quantitative estimate of drug-likeness (QED) is 0.255. The van der Waals surface area contributed by atoms with E-state index in [1.165, 1.54) is 10.8 Å². The Hall–Kier alpha value is -5.42. The topological polar surface area (TPSA) is 132 Å². The van der Waals surface area contributed by atoms with Gasteiger partial charge in [0.2, 0.25) is 0 Å². The van der Waals surface area contributed by atoms with Crippen LogP contribution in [0.2, 0.25) is 0 Å². The van der Waals surface area contributed by atoms with E-state index in [1.54, 1.807) is 46.1 Å². The number of hydrogen-bond acceptors (Lipinski definition) is 5. The number of primary amides is 1. The molecule has 0 aliphatic heterocycles. The van der Waals surface area contributed by atoms with Crippen LogP contribution < -0.4 is 16.6 Å². The molecule has 4 aromatic rings. The molecule has 236 valence electrons. The highest BCUT2D eigenvalue weighted by Gasteiger charge is 2.46. The molecule has 3 aromatic heterocycles. The monoisotopic (exact) mass is 625 g/mol. The average Bonchev–Trinajstić information content (AvgIpc) is 3.65. The van der Waals surface area contributed by atoms with Gasteiger partial charge in [-0.1, -0.05) is 17.9 Å². The molecule has 1 saturated carbocycles. The van der Waals surface area contributed by atoms with Crippen LogP contribution in [-0.4, -0.2) is 38.7 Å². The number of amides is 2. The van der Waals surface area contributed by atoms with Crippen LogP contribution in [0, 0.1) is 35.3 Å². The lowest BCUT2D eigenvalue weighted by Gasteiger charge is -2.21. The highest BCUT2D eigenvalue weighted by molar-refractivity contribution is 6.01. The Morgan fingerprint density at radius 2 is 1.93 bits per heavy atom. The normalized spacial score (nSPS) is 14.0. The van der Waals surface area contributed by atoms with Crippen molar-refractivity contribution < 1.29 is 23.1 Å². The molecule has 2 amide bonds. The summed E-state index contributed by atoms with van der Waals surface area (Å²) in [6.07, 6.45) is 4.02. The molecule has 1 atom stereocenters. The maximum absolute atomic E-state index is 14.8. The molecule has 0 radical (unpaired) electrons. The van der Waals surface area contributed by atoms with Crippen LogP contribution in [0.1, 0.15) is 78.7 Å². The molecule has 1 fully saturated rings. The van der Waals surface area contributed by atoms with E-state index in [0.717, 1.165) is 36.7 Å². The molecule has 5 rings (SSSR count). The zero-order chi connectivity index (χ0) is 33.2. The Morgan fingerprint density at radius 1 is 1.17 bits per heavy atom. The molecule has 46 heavy (non-hydrogen) atoms. The van der Waals surface area contributed by atoms with Crippen LogP contribution in [0.3, 0.4) is 0 Å². The van der Waals surface area contributed by atoms with E-state index >= 15 is 0 Å². The first-order valence-electron chi connectivity index (χ1n) is 14.7. The Morgan fingerprint density at radius 3 is 2.63 bits per heavy atom. The van der Waals surface area contributed by atoms with Crippen molar-refractivity contribution in [1.29, 1.82) is 0 Å². The number of aromatic amines is 1. The van der Waals surface area contributed by atoms with E-state index in [0.29, 0.717) is 23.1 Å². The summed E-state index contributed by atoms with van der Waals surface area (Å²) in [4.78, 5) is 45.1. The number of carbonyl (C=O) groups is 2. The number of benzene rings is 1. The van der Waals surface area contributed by atoms with Gasteiger partial charge in [-0.15, -0.1) is 0 Å². The zero-order valence-corrected chi connectivity index (χ0v) is 25.9. The molecular formula is C35H33F2N5O4. The van der Waals surface area contributed by atoms with E-state index in [4.69, 9.17) is 10.5 Å². The zero-order valence-electron chi connectivity index (χ0n) is 25.9. The van der Waals surface area contributed by atoms with Crippen LogP contribution in [-0.2, 0) is 17.2 Å². The van der Waals surface area contributed by atoms with Gasteiger partial charge in [0.15, 0.2) is 0 Å². The maximum Gasteiger partial charge on any atom is 0.407 e. The van der Waals surface area contributed by atoms with Crippen molar-refractivity contribution in [2.24, 2.45) is 12.8 Å². The summed E-state index contributed by atoms with van der Waals surface area (Å²) in [5.74, 6) is 8.39. The van der Waals surface area contributed by atoms with E-state index in [1.807, 2.05) is 6.07 Å². The summed E-state index contributed by atoms with van der Waals surface area (Å²) < 4.78 is 35.6. The molecule has 1 aromatic carbocycles. The number of H-pyrrole nitrogens is 1. The van der Waals surface area contributed by atoms with Gasteiger partial charge in [0.1, 0.15) is 22.9 Å². The van der Waals surface area contributed by atoms with Crippen LogP contribution in [0.15, 0.2) is 53.6 Å². The molecule has 0 saturated heterocycles. The van der Waals surface area contributed by atoms with Gasteiger partial charge >= 0.3 is 6.09 Å². The van der Waals surface area contributed by atoms with Gasteiger partial charge < -0.3 is 25.3 Å². The van der Waals surface area contributed by atoms with E-state index < -0.39 is 35.2 Å². The molecule has 3 heterocycles. The van der Waals surface area contributed by atoms with Crippen molar-refractivity contribution in [3.63, 3.8) is 0 Å². The number of aryl methyl sites for hydroxylation is 1. The second-order valence-corrected chi connectivity index (χ2v) is 12.3. The van der Waals surface area contributed by atoms with Crippen molar-refractivity contribution in [3.05, 3.63) is 98.7 Å². The predicted molar refractivity (Wildman–Crippen MR) is 169 cm³/mol. The minimum atomic E-state index is -0.852. The number of hydrogen-bond donors (Lipinski definition) is 3. The second-order valence-electron chi connectivity index (χ2n) is 12.3. The van der Waals surface area contributed by atoms with Gasteiger partial charge in [-0.2, -0.15) is 0 Å². The van der Waals surface area contributed by atoms with Crippen LogP contribution in [0.5, 0.6) is 0 Å². The number of nitrogens with two attached hydrogens (primary N) is 1. The van der Waals surface area contributed by atoms with Crippen molar-refractivity contribution in [3.8, 4) is 23.7 Å². The van der Waals surface area contributed by atoms with Gasteiger partial charge in [0.05, 0.1) is 11.1 Å². The van der Waals surface area contributed by atoms with Crippen LogP contribution in [0.25, 0.3) is 11.0 Å². The van der Waals surface area contributed by atoms with Crippen molar-refractivity contribution >= 4 is 23.0 Å². The third kappa shape index (κ3) is 6.94. The third-order valence-electron chi connectivity index (χ3n) is 7.82. The first-order chi connectivity index (χ1) is 21.8. The van der Waals surface area contributed by atoms with Crippen LogP contribution >= 0.6 is 0 Å². The summed E-state index contributed by atoms with van der Waals surface area (Å²) >= 11 is 0. The molecule has 11 heteroatoms. The van der Waals surface area contributed by atoms with Crippen molar-refractivity contribution in [2.45, 2.75) is 57.0 Å². The Balaban J connectivity index is 1.45. The number of fused-ring (bicyclic) bond motifs is 1. The summed E-state index contributed by atoms with van der Waals surface area (Å²) in [5, 5.41) is 3.40. The first-order valence-corrected chi connectivity index (χ1v) is 14.7. The number of nitrogens with zero attached hydrogens (tertiary/aromatic N) is 2. The molecule has 4 N–H and O–H groups in total. The minimum absolute atomic E-state index is 0.00688. The standard InChI is InChI=1S/C35H33F2N5O4/c1-34(2,3)46-33(45)40-20-35(14-15-35)29-18-26-23(27(30(38)43)19-39-31(26)41-29)10-7-5-6-9-22(24-11-8-16-42(4)32(24)44)25-17-21(36)12-13-28(25)37/h8,11-13,16-19,22H,9,14-15,20H2,1-4H3,(H2,38,43)(H,39,41)(H,40,45). The molecule has 9 nitrogen and oxygen atoms in total. The van der Waals surface area contributed by atoms with Crippen LogP contribution in [0.4, 0.5) is 13.6 Å². The van der Waals surface area contributed by atoms with E-state index in [9.17, 15) is 23.2 Å². The predicted octanol–water partition coefficient (Wildman–Crippen LogP) is 4.77. The van der Waals surface area contributed by atoms with Gasteiger partial charge in [-0.25, -0.2) is 18.6 Å². The van der Waals surface area contributed by atoms with E-state index in [-0.39, 0.29) is 34.1 Å². The number of nitrogens with one attached hydrogen (secondary N) is 2. The number of alkyl carbamates (subject to hydrolysis) is 1. The Bertz CT molecular complexity index is 2030. The fourth-order valence-corrected chi connectivity index (χ4v) is 5.27. The summed E-state index contributed by atoms with van der Waals surface area (Å²) in [7, 11) is 1.57. The lowest BCUT2D eigenvalue weighted by molar-refractivity contribution is 0.0522. The van der Waals surface area contributed by atoms with Gasteiger partial charge in [-0.3, -0.25) is 9.59 Å². The Kier molecular flexibility index (Phi) is 8.71. The third-order valence-corrected chi connectivity index (χ3v) is 7.82. The number of carbonyl (C=O) groups excluding carboxylic acids is 2. The molecule has 0 spiro atoms. The Labute approximate surface area is 264 Å². The van der Waals surface area contributed by atoms with Crippen molar-refractivity contribution in [1.82, 2.24) is 19.9 Å². The fourth-order valence-electron chi connectivity index (χ4n) is 5.27. The molecule has 0 bridgehead atoms. The SMILES string of the molecule is Cn1cccc(C(CC#CC#Cc2c(C(N)=O)cnc3[nH]c(C4(CNC(=O)OC(C)(C)C)CC4)cc23)c2cc(F)ccc2F)c1=O. The lowest BCUT2D eigenvalue weighted by Crippen LogP contribution is -2.37. The van der Waals surface area contributed by atoms with Gasteiger partial charge in [0.25, 0.3) is 11.5 Å². The first kappa shape index (κ1) is 32.0. The molecule has 1 aliphatic rings. The summed E-state index contributed by atoms with van der Waals surface area (Å²) in [6, 6.07) is 8.16. The highest BCUT2D eigenvalue weighted by atomic mass is 19.1. The van der Waals surface area contributed by atoms with E-state index in [2.05, 4.69) is 39.0 Å². The number of ether oxygens (including phenoxy) is 1. The largest absolute Gasteiger partial charge is 0.444 e. The average molecular weight is 626 g/mol. The van der Waals surface area contributed by atoms with Gasteiger partial charge in [0, 0.05) is 60.4 Å². The minimum Gasteiger partial charge on any atom is -0.444 e. The highest BCUT2D eigenvalue weighted by Crippen LogP contribution is 2.48. The molecule has 1 aliphatic carbocycles. The number of halogens is 2. The lowest BCUT2D eigenvalue weighted by atomic mass is 9.89. The fraction of sp³-hybridized carbons (Fsp3) is 0.314. The summed E-state index contributed by atoms with van der Waals surface area (Å²) in [5.41, 5.74) is 6.34. The smallest absolute Gasteiger partial charge is 0.407 e. The summed E-state index contributed by atoms with van der Waals surface area (Å²) in [6.45, 7) is 5.72. The maximum atomic E-state index is 14.8. The number of aromatic nitrogens is 3. The number of pyridine rings is 2. The number of rotatable bonds is 7. The van der Waals surface area contributed by atoms with Gasteiger partial charge in [-0.05, 0) is 81.3 Å². The second kappa shape index (κ2) is 12.5. The van der Waals surface area contributed by atoms with Crippen molar-refractivity contribution in [2.75, 3.05) is 6.54 Å². The molecule has 1 unspecified atom stereocenters. The molecular weight excluding hydrogens is 592 g/mol.